The molecular weight excluding hydrogens is 675 g/mol. The molecule has 4 heteroatoms. The molecule has 0 spiro atoms. The summed E-state index contributed by atoms with van der Waals surface area (Å²) < 4.78 is 4.88. The highest BCUT2D eigenvalue weighted by atomic mass is 32.1. The fourth-order valence-electron chi connectivity index (χ4n) is 8.11. The number of rotatable bonds is 5. The second-order valence-corrected chi connectivity index (χ2v) is 14.8. The van der Waals surface area contributed by atoms with Crippen molar-refractivity contribution in [2.24, 2.45) is 0 Å². The molecule has 252 valence electrons. The molecule has 3 nitrogen and oxygen atoms in total. The molecule has 3 heterocycles. The summed E-state index contributed by atoms with van der Waals surface area (Å²) in [6.07, 6.45) is 0. The summed E-state index contributed by atoms with van der Waals surface area (Å²) in [6, 6.07) is 67.0. The fourth-order valence-corrected chi connectivity index (χ4v) is 9.35. The van der Waals surface area contributed by atoms with Crippen LogP contribution in [0.3, 0.4) is 0 Å². The zero-order valence-corrected chi connectivity index (χ0v) is 30.0. The minimum atomic E-state index is 0.651. The molecule has 0 unspecified atom stereocenters. The van der Waals surface area contributed by atoms with Crippen molar-refractivity contribution in [2.45, 2.75) is 0 Å². The minimum Gasteiger partial charge on any atom is -0.277 e. The Bertz CT molecular complexity index is 3200. The number of para-hydroxylation sites is 1. The van der Waals surface area contributed by atoms with Gasteiger partial charge in [-0.3, -0.25) is 4.57 Å². The monoisotopic (exact) mass is 705 g/mol. The van der Waals surface area contributed by atoms with Crippen molar-refractivity contribution in [3.8, 4) is 50.7 Å². The number of nitrogens with zero attached hydrogens (tertiary/aromatic N) is 3. The molecule has 8 aromatic carbocycles. The lowest BCUT2D eigenvalue weighted by atomic mass is 10.00. The summed E-state index contributed by atoms with van der Waals surface area (Å²) in [5.41, 5.74) is 10.7. The lowest BCUT2D eigenvalue weighted by molar-refractivity contribution is 0.998. The first-order valence-electron chi connectivity index (χ1n) is 18.2. The van der Waals surface area contributed by atoms with Crippen molar-refractivity contribution in [3.05, 3.63) is 188 Å². The molecule has 54 heavy (non-hydrogen) atoms. The van der Waals surface area contributed by atoms with Crippen LogP contribution in [-0.4, -0.2) is 14.5 Å². The number of hydrogen-bond donors (Lipinski definition) is 0. The minimum absolute atomic E-state index is 0.651. The second kappa shape index (κ2) is 12.4. The van der Waals surface area contributed by atoms with Crippen LogP contribution in [0.15, 0.2) is 188 Å². The molecular formula is C50H31N3S. The number of benzene rings is 8. The molecule has 11 rings (SSSR count). The number of fused-ring (bicyclic) bond motifs is 10. The van der Waals surface area contributed by atoms with Crippen LogP contribution < -0.4 is 0 Å². The summed E-state index contributed by atoms with van der Waals surface area (Å²) in [6.45, 7) is 0. The molecule has 0 amide bonds. The zero-order chi connectivity index (χ0) is 35.6. The highest BCUT2D eigenvalue weighted by molar-refractivity contribution is 7.27. The molecule has 0 N–H and O–H groups in total. The highest BCUT2D eigenvalue weighted by Crippen LogP contribution is 2.47. The smallest absolute Gasteiger partial charge is 0.235 e. The Kier molecular flexibility index (Phi) is 7.04. The maximum absolute atomic E-state index is 5.48. The van der Waals surface area contributed by atoms with Gasteiger partial charge in [-0.15, -0.1) is 11.3 Å². The number of hydrogen-bond acceptors (Lipinski definition) is 3. The quantitative estimate of drug-likeness (QED) is 0.178. The van der Waals surface area contributed by atoms with Crippen molar-refractivity contribution >= 4 is 64.1 Å². The molecule has 0 atom stereocenters. The third-order valence-corrected chi connectivity index (χ3v) is 11.8. The molecule has 0 saturated heterocycles. The van der Waals surface area contributed by atoms with Crippen molar-refractivity contribution in [1.82, 2.24) is 14.5 Å². The van der Waals surface area contributed by atoms with Gasteiger partial charge in [-0.05, 0) is 51.9 Å². The first-order valence-corrected chi connectivity index (χ1v) is 19.1. The third-order valence-electron chi connectivity index (χ3n) is 10.6. The van der Waals surface area contributed by atoms with Gasteiger partial charge in [-0.2, -0.15) is 0 Å². The van der Waals surface area contributed by atoms with Gasteiger partial charge in [0, 0.05) is 47.5 Å². The summed E-state index contributed by atoms with van der Waals surface area (Å²) >= 11 is 1.86. The first kappa shape index (κ1) is 30.7. The van der Waals surface area contributed by atoms with Gasteiger partial charge in [0.15, 0.2) is 0 Å². The molecule has 0 aliphatic heterocycles. The average Bonchev–Trinajstić information content (AvgIpc) is 3.81. The highest BCUT2D eigenvalue weighted by Gasteiger charge is 2.23. The van der Waals surface area contributed by atoms with Crippen molar-refractivity contribution < 1.29 is 0 Å². The van der Waals surface area contributed by atoms with Gasteiger partial charge in [0.05, 0.1) is 22.4 Å². The molecule has 3 aromatic heterocycles. The van der Waals surface area contributed by atoms with Crippen LogP contribution in [0.4, 0.5) is 0 Å². The Balaban J connectivity index is 1.23. The standard InChI is InChI=1S/C50H31N3S/c1-3-14-32(15-4-1)34-26-28-35(29-27-34)42-31-43(37-19-13-18-36(30-37)33-16-5-2-6-17-33)52-50(51-42)53-44-24-11-9-22-40(44)46-38-20-7-8-21-39(38)49-47(48(46)53)41-23-10-12-25-45(41)54-49/h1-31H. The van der Waals surface area contributed by atoms with Crippen LogP contribution in [0.2, 0.25) is 0 Å². The van der Waals surface area contributed by atoms with Gasteiger partial charge in [0.1, 0.15) is 0 Å². The average molecular weight is 706 g/mol. The fraction of sp³-hybridized carbons (Fsp3) is 0. The van der Waals surface area contributed by atoms with Gasteiger partial charge in [-0.1, -0.05) is 164 Å². The van der Waals surface area contributed by atoms with Gasteiger partial charge >= 0.3 is 0 Å². The van der Waals surface area contributed by atoms with Crippen molar-refractivity contribution in [1.29, 1.82) is 0 Å². The van der Waals surface area contributed by atoms with E-state index in [2.05, 4.69) is 193 Å². The lowest BCUT2D eigenvalue weighted by Gasteiger charge is -2.14. The maximum atomic E-state index is 5.48. The van der Waals surface area contributed by atoms with E-state index in [9.17, 15) is 0 Å². The summed E-state index contributed by atoms with van der Waals surface area (Å²) in [5, 5.41) is 7.43. The Hall–Kier alpha value is -6.88. The molecule has 11 aromatic rings. The Morgan fingerprint density at radius 2 is 0.907 bits per heavy atom. The molecule has 0 aliphatic carbocycles. The van der Waals surface area contributed by atoms with E-state index < -0.39 is 0 Å². The van der Waals surface area contributed by atoms with Gasteiger partial charge in [0.2, 0.25) is 5.95 Å². The number of aromatic nitrogens is 3. The van der Waals surface area contributed by atoms with Gasteiger partial charge < -0.3 is 0 Å². The lowest BCUT2D eigenvalue weighted by Crippen LogP contribution is -2.04. The molecule has 0 fully saturated rings. The second-order valence-electron chi connectivity index (χ2n) is 13.8. The van der Waals surface area contributed by atoms with E-state index in [1.807, 2.05) is 11.3 Å². The Morgan fingerprint density at radius 3 is 1.67 bits per heavy atom. The van der Waals surface area contributed by atoms with Crippen LogP contribution in [0.5, 0.6) is 0 Å². The van der Waals surface area contributed by atoms with E-state index in [0.717, 1.165) is 39.1 Å². The van der Waals surface area contributed by atoms with Crippen LogP contribution in [-0.2, 0) is 0 Å². The van der Waals surface area contributed by atoms with E-state index >= 15 is 0 Å². The Labute approximate surface area is 316 Å². The van der Waals surface area contributed by atoms with E-state index in [4.69, 9.17) is 9.97 Å². The van der Waals surface area contributed by atoms with E-state index in [0.29, 0.717) is 5.95 Å². The summed E-state index contributed by atoms with van der Waals surface area (Å²) in [4.78, 5) is 10.9. The van der Waals surface area contributed by atoms with Crippen LogP contribution >= 0.6 is 11.3 Å². The largest absolute Gasteiger partial charge is 0.277 e. The van der Waals surface area contributed by atoms with Crippen molar-refractivity contribution in [2.75, 3.05) is 0 Å². The number of thiophene rings is 1. The zero-order valence-electron chi connectivity index (χ0n) is 29.1. The van der Waals surface area contributed by atoms with Crippen LogP contribution in [0.1, 0.15) is 0 Å². The molecule has 0 aliphatic rings. The normalized spacial score (nSPS) is 11.7. The van der Waals surface area contributed by atoms with Crippen LogP contribution in [0, 0.1) is 0 Å². The Morgan fingerprint density at radius 1 is 0.370 bits per heavy atom. The maximum Gasteiger partial charge on any atom is 0.235 e. The SMILES string of the molecule is c1ccc(-c2ccc(-c3cc(-c4cccc(-c5ccccc5)c4)nc(-n4c5ccccc5c5c6ccccc6c6sc7ccccc7c6c54)n3)cc2)cc1. The predicted molar refractivity (Wildman–Crippen MR) is 229 cm³/mol. The first-order chi connectivity index (χ1) is 26.8. The summed E-state index contributed by atoms with van der Waals surface area (Å²) in [7, 11) is 0. The predicted octanol–water partition coefficient (Wildman–Crippen LogP) is 13.8. The molecule has 0 bridgehead atoms. The van der Waals surface area contributed by atoms with E-state index in [1.54, 1.807) is 0 Å². The van der Waals surface area contributed by atoms with Gasteiger partial charge in [0.25, 0.3) is 0 Å². The third kappa shape index (κ3) is 4.88. The van der Waals surface area contributed by atoms with E-state index in [-0.39, 0.29) is 0 Å². The molecule has 0 radical (unpaired) electrons. The van der Waals surface area contributed by atoms with Gasteiger partial charge in [-0.25, -0.2) is 9.97 Å². The summed E-state index contributed by atoms with van der Waals surface area (Å²) in [5.74, 6) is 0.651. The topological polar surface area (TPSA) is 30.7 Å². The van der Waals surface area contributed by atoms with Crippen molar-refractivity contribution in [3.63, 3.8) is 0 Å². The van der Waals surface area contributed by atoms with E-state index in [1.165, 1.54) is 58.4 Å². The molecule has 0 saturated carbocycles. The van der Waals surface area contributed by atoms with Crippen LogP contribution in [0.25, 0.3) is 103 Å².